The summed E-state index contributed by atoms with van der Waals surface area (Å²) in [4.78, 5) is 12.5. The number of imidazole rings is 1. The third kappa shape index (κ3) is 5.46. The van der Waals surface area contributed by atoms with Crippen LogP contribution in [0.25, 0.3) is 11.0 Å². The van der Waals surface area contributed by atoms with Gasteiger partial charge in [0.2, 0.25) is 0 Å². The molecule has 1 atom stereocenters. The van der Waals surface area contributed by atoms with E-state index in [4.69, 9.17) is 9.47 Å². The molecule has 3 rings (SSSR count). The monoisotopic (exact) mass is 423 g/mol. The van der Waals surface area contributed by atoms with Crippen LogP contribution in [0.5, 0.6) is 17.2 Å². The first-order chi connectivity index (χ1) is 12.5. The Bertz CT molecular complexity index is 915. The number of halogens is 2. The number of alkyl halides is 2. The number of fused-ring (bicyclic) bond motifs is 1. The van der Waals surface area contributed by atoms with E-state index < -0.39 is 17.8 Å². The molecule has 0 bridgehead atoms. The second kappa shape index (κ2) is 10.8. The summed E-state index contributed by atoms with van der Waals surface area (Å²) in [5, 5.41) is 0.0702. The van der Waals surface area contributed by atoms with Crippen molar-refractivity contribution in [1.82, 2.24) is 15.0 Å². The molecule has 0 aliphatic carbocycles. The molecule has 0 aliphatic rings. The van der Waals surface area contributed by atoms with Gasteiger partial charge in [0.25, 0.3) is 0 Å². The molecule has 12 heteroatoms. The van der Waals surface area contributed by atoms with Gasteiger partial charge in [0.15, 0.2) is 17.3 Å². The number of hydrogen-bond donors (Lipinski definition) is 0. The molecular weight excluding hydrogens is 407 g/mol. The van der Waals surface area contributed by atoms with Gasteiger partial charge in [0.05, 0.1) is 14.2 Å². The van der Waals surface area contributed by atoms with Crippen molar-refractivity contribution >= 4 is 22.2 Å². The number of methoxy groups -OCH3 is 2. The number of pyridine rings is 1. The quantitative estimate of drug-likeness (QED) is 0.342. The first kappa shape index (κ1) is 24.4. The number of benzene rings is 1. The number of aromatic nitrogens is 3. The molecule has 0 spiro atoms. The molecule has 0 radical (unpaired) electrons. The Hall–Kier alpha value is -1.63. The Balaban J connectivity index is 0.00000196. The summed E-state index contributed by atoms with van der Waals surface area (Å²) in [6, 6.07) is 5.77. The Morgan fingerprint density at radius 2 is 1.96 bits per heavy atom. The second-order valence-electron chi connectivity index (χ2n) is 5.02. The molecule has 146 valence electrons. The fraction of sp³-hybridized carbons (Fsp3) is 0.250. The Morgan fingerprint density at radius 1 is 1.21 bits per heavy atom. The van der Waals surface area contributed by atoms with E-state index in [9.17, 15) is 13.3 Å². The van der Waals surface area contributed by atoms with Gasteiger partial charge in [-0.3, -0.25) is 4.98 Å². The summed E-state index contributed by atoms with van der Waals surface area (Å²) in [6.07, 6.45) is 1.52. The SMILES string of the molecule is COc1ccnc(C[S+]([O-])c2nc3cc(OC(F)F)ccc3[n-]2)c1OC.O.[Na+]. The zero-order chi connectivity index (χ0) is 18.7. The molecule has 0 fully saturated rings. The minimum Gasteiger partial charge on any atom is -0.612 e. The summed E-state index contributed by atoms with van der Waals surface area (Å²) in [5.41, 5.74) is 1.18. The fourth-order valence-corrected chi connectivity index (χ4v) is 3.32. The molecule has 0 saturated carbocycles. The van der Waals surface area contributed by atoms with E-state index in [0.29, 0.717) is 28.2 Å². The Kier molecular flexibility index (Phi) is 9.40. The van der Waals surface area contributed by atoms with Gasteiger partial charge < -0.3 is 34.2 Å². The maximum absolute atomic E-state index is 12.6. The molecule has 2 heterocycles. The topological polar surface area (TPSA) is 122 Å². The van der Waals surface area contributed by atoms with Crippen LogP contribution in [-0.2, 0) is 16.9 Å². The number of ether oxygens (including phenoxy) is 3. The van der Waals surface area contributed by atoms with Crippen molar-refractivity contribution in [3.63, 3.8) is 0 Å². The Labute approximate surface area is 184 Å². The molecule has 2 N–H and O–H groups in total. The van der Waals surface area contributed by atoms with Crippen molar-refractivity contribution in [3.8, 4) is 17.2 Å². The predicted molar refractivity (Wildman–Crippen MR) is 92.8 cm³/mol. The molecule has 0 aliphatic heterocycles. The van der Waals surface area contributed by atoms with E-state index in [1.807, 2.05) is 0 Å². The van der Waals surface area contributed by atoms with Gasteiger partial charge in [-0.25, -0.2) is 0 Å². The van der Waals surface area contributed by atoms with Crippen molar-refractivity contribution < 1.29 is 62.6 Å². The van der Waals surface area contributed by atoms with Crippen LogP contribution in [0, 0.1) is 0 Å². The van der Waals surface area contributed by atoms with Gasteiger partial charge in [-0.1, -0.05) is 6.07 Å². The van der Waals surface area contributed by atoms with Crippen molar-refractivity contribution in [2.75, 3.05) is 14.2 Å². The molecule has 3 aromatic rings. The third-order valence-electron chi connectivity index (χ3n) is 3.44. The number of nitrogens with zero attached hydrogens (tertiary/aromatic N) is 3. The van der Waals surface area contributed by atoms with Crippen LogP contribution in [0.15, 0.2) is 35.6 Å². The largest absolute Gasteiger partial charge is 1.00 e. The van der Waals surface area contributed by atoms with Crippen LogP contribution in [0.3, 0.4) is 0 Å². The fourth-order valence-electron chi connectivity index (χ4n) is 2.34. The normalized spacial score (nSPS) is 11.5. The van der Waals surface area contributed by atoms with E-state index in [2.05, 4.69) is 19.7 Å². The minimum absolute atomic E-state index is 0. The van der Waals surface area contributed by atoms with Gasteiger partial charge in [0.1, 0.15) is 16.6 Å². The van der Waals surface area contributed by atoms with Crippen LogP contribution >= 0.6 is 0 Å². The van der Waals surface area contributed by atoms with E-state index in [1.54, 1.807) is 6.07 Å². The zero-order valence-corrected chi connectivity index (χ0v) is 18.1. The van der Waals surface area contributed by atoms with Crippen LogP contribution in [0.2, 0.25) is 0 Å². The average Bonchev–Trinajstić information content (AvgIpc) is 3.04. The van der Waals surface area contributed by atoms with Crippen LogP contribution < -0.4 is 48.8 Å². The second-order valence-corrected chi connectivity index (χ2v) is 6.36. The zero-order valence-electron chi connectivity index (χ0n) is 15.3. The maximum atomic E-state index is 12.6. The van der Waals surface area contributed by atoms with Gasteiger partial charge in [-0.05, 0) is 34.3 Å². The molecule has 1 aromatic carbocycles. The predicted octanol–water partition coefficient (Wildman–Crippen LogP) is -1.31. The molecule has 0 amide bonds. The third-order valence-corrected chi connectivity index (χ3v) is 4.57. The van der Waals surface area contributed by atoms with Crippen LogP contribution in [-0.4, -0.2) is 40.8 Å². The van der Waals surface area contributed by atoms with Gasteiger partial charge in [0, 0.05) is 12.3 Å². The Morgan fingerprint density at radius 3 is 2.61 bits per heavy atom. The smallest absolute Gasteiger partial charge is 0.612 e. The van der Waals surface area contributed by atoms with Gasteiger partial charge >= 0.3 is 36.2 Å². The molecular formula is C16H16F2N3NaO5S. The minimum atomic E-state index is -2.93. The van der Waals surface area contributed by atoms with Gasteiger partial charge in [-0.15, -0.1) is 0 Å². The van der Waals surface area contributed by atoms with E-state index >= 15 is 0 Å². The van der Waals surface area contributed by atoms with Crippen molar-refractivity contribution in [1.29, 1.82) is 0 Å². The van der Waals surface area contributed by atoms with E-state index in [1.165, 1.54) is 38.6 Å². The van der Waals surface area contributed by atoms with Crippen LogP contribution in [0.1, 0.15) is 5.69 Å². The summed E-state index contributed by atoms with van der Waals surface area (Å²) in [7, 11) is 2.95. The maximum Gasteiger partial charge on any atom is 1.00 e. The first-order valence-electron chi connectivity index (χ1n) is 7.35. The van der Waals surface area contributed by atoms with Crippen molar-refractivity contribution in [2.24, 2.45) is 0 Å². The molecule has 0 saturated heterocycles. The number of hydrogen-bond acceptors (Lipinski definition) is 6. The summed E-state index contributed by atoms with van der Waals surface area (Å²) < 4.78 is 52.0. The van der Waals surface area contributed by atoms with Crippen LogP contribution in [0.4, 0.5) is 8.78 Å². The average molecular weight is 423 g/mol. The summed E-state index contributed by atoms with van der Waals surface area (Å²) >= 11 is -1.62. The van der Waals surface area contributed by atoms with Crippen molar-refractivity contribution in [2.45, 2.75) is 17.5 Å². The van der Waals surface area contributed by atoms with Crippen molar-refractivity contribution in [3.05, 3.63) is 36.2 Å². The van der Waals surface area contributed by atoms with E-state index in [0.717, 1.165) is 0 Å². The number of rotatable bonds is 7. The summed E-state index contributed by atoms with van der Waals surface area (Å²) in [5.74, 6) is 0.821. The van der Waals surface area contributed by atoms with E-state index in [-0.39, 0.29) is 51.7 Å². The molecule has 2 aromatic heterocycles. The summed E-state index contributed by atoms with van der Waals surface area (Å²) in [6.45, 7) is -2.93. The molecule has 1 unspecified atom stereocenters. The molecule has 8 nitrogen and oxygen atoms in total. The first-order valence-corrected chi connectivity index (χ1v) is 8.67. The standard InChI is InChI=1S/C16H14F2N3O4S.Na.H2O/c1-23-13-5-6-19-12(14(13)24-2)8-26(22)16-20-10-4-3-9(25-15(17)18)7-11(10)21-16;;/h3-7,15H,8H2,1-2H3;;1H2/q-1;+1;. The molecule has 28 heavy (non-hydrogen) atoms. The van der Waals surface area contributed by atoms with Gasteiger partial charge in [-0.2, -0.15) is 8.78 Å².